The van der Waals surface area contributed by atoms with Crippen molar-refractivity contribution >= 4 is 0 Å². The van der Waals surface area contributed by atoms with Crippen LogP contribution < -0.4 is 11.5 Å². The second-order valence-corrected chi connectivity index (χ2v) is 5.55. The van der Waals surface area contributed by atoms with E-state index >= 15 is 0 Å². The van der Waals surface area contributed by atoms with E-state index in [1.807, 2.05) is 0 Å². The Hall–Kier alpha value is -0.860. The Morgan fingerprint density at radius 2 is 1.88 bits per heavy atom. The van der Waals surface area contributed by atoms with E-state index in [2.05, 4.69) is 32.0 Å². The smallest absolute Gasteiger partial charge is 0.0338 e. The normalized spacial score (nSPS) is 18.2. The third-order valence-corrected chi connectivity index (χ3v) is 4.10. The van der Waals surface area contributed by atoms with Crippen LogP contribution in [0, 0.1) is 11.8 Å². The summed E-state index contributed by atoms with van der Waals surface area (Å²) in [6.45, 7) is 5.06. The lowest BCUT2D eigenvalue weighted by Gasteiger charge is -2.26. The molecule has 2 unspecified atom stereocenters. The first-order chi connectivity index (χ1) is 8.13. The van der Waals surface area contributed by atoms with Gasteiger partial charge in [0.2, 0.25) is 0 Å². The Balaban J connectivity index is 2.21. The van der Waals surface area contributed by atoms with Gasteiger partial charge in [0.25, 0.3) is 0 Å². The molecule has 1 aromatic rings. The SMILES string of the molecule is CC(C)C(CN)C(N)c1ccc2c(c1)CCC2. The lowest BCUT2D eigenvalue weighted by Crippen LogP contribution is -2.31. The summed E-state index contributed by atoms with van der Waals surface area (Å²) in [6, 6.07) is 6.83. The number of benzene rings is 1. The quantitative estimate of drug-likeness (QED) is 0.837. The van der Waals surface area contributed by atoms with Crippen molar-refractivity contribution in [3.8, 4) is 0 Å². The molecule has 2 rings (SSSR count). The average molecular weight is 232 g/mol. The molecule has 94 valence electrons. The van der Waals surface area contributed by atoms with E-state index < -0.39 is 0 Å². The summed E-state index contributed by atoms with van der Waals surface area (Å²) < 4.78 is 0. The van der Waals surface area contributed by atoms with Crippen molar-refractivity contribution in [1.29, 1.82) is 0 Å². The van der Waals surface area contributed by atoms with E-state index in [1.54, 1.807) is 0 Å². The highest BCUT2D eigenvalue weighted by Crippen LogP contribution is 2.29. The summed E-state index contributed by atoms with van der Waals surface area (Å²) in [5.41, 5.74) is 16.5. The molecular weight excluding hydrogens is 208 g/mol. The van der Waals surface area contributed by atoms with Gasteiger partial charge in [-0.3, -0.25) is 0 Å². The molecule has 4 N–H and O–H groups in total. The molecule has 0 saturated heterocycles. The van der Waals surface area contributed by atoms with Gasteiger partial charge in [0.15, 0.2) is 0 Å². The van der Waals surface area contributed by atoms with Gasteiger partial charge in [0, 0.05) is 6.04 Å². The molecule has 1 aliphatic rings. The highest BCUT2D eigenvalue weighted by atomic mass is 14.7. The van der Waals surface area contributed by atoms with Gasteiger partial charge >= 0.3 is 0 Å². The van der Waals surface area contributed by atoms with Crippen LogP contribution in [0.4, 0.5) is 0 Å². The molecule has 2 heteroatoms. The van der Waals surface area contributed by atoms with Gasteiger partial charge in [-0.15, -0.1) is 0 Å². The van der Waals surface area contributed by atoms with Gasteiger partial charge in [-0.2, -0.15) is 0 Å². The minimum atomic E-state index is 0.0749. The van der Waals surface area contributed by atoms with Crippen LogP contribution in [0.15, 0.2) is 18.2 Å². The molecule has 0 fully saturated rings. The molecule has 0 radical (unpaired) electrons. The van der Waals surface area contributed by atoms with Gasteiger partial charge in [-0.1, -0.05) is 32.0 Å². The Morgan fingerprint density at radius 3 is 2.53 bits per heavy atom. The molecule has 0 bridgehead atoms. The zero-order chi connectivity index (χ0) is 12.4. The molecule has 0 amide bonds. The molecule has 0 heterocycles. The van der Waals surface area contributed by atoms with E-state index in [0.29, 0.717) is 18.4 Å². The molecule has 0 aliphatic heterocycles. The van der Waals surface area contributed by atoms with Gasteiger partial charge in [-0.25, -0.2) is 0 Å². The van der Waals surface area contributed by atoms with Crippen LogP contribution in [-0.2, 0) is 12.8 Å². The third-order valence-electron chi connectivity index (χ3n) is 4.10. The fourth-order valence-corrected chi connectivity index (χ4v) is 2.88. The highest BCUT2D eigenvalue weighted by molar-refractivity contribution is 5.36. The van der Waals surface area contributed by atoms with Crippen molar-refractivity contribution < 1.29 is 0 Å². The first kappa shape index (κ1) is 12.6. The molecule has 1 aliphatic carbocycles. The van der Waals surface area contributed by atoms with Crippen molar-refractivity contribution in [2.75, 3.05) is 6.54 Å². The van der Waals surface area contributed by atoms with Crippen LogP contribution in [0.2, 0.25) is 0 Å². The van der Waals surface area contributed by atoms with E-state index in [9.17, 15) is 0 Å². The number of fused-ring (bicyclic) bond motifs is 1. The summed E-state index contributed by atoms with van der Waals surface area (Å²) >= 11 is 0. The van der Waals surface area contributed by atoms with Crippen molar-refractivity contribution in [3.05, 3.63) is 34.9 Å². The van der Waals surface area contributed by atoms with Crippen LogP contribution in [-0.4, -0.2) is 6.54 Å². The molecular formula is C15H24N2. The van der Waals surface area contributed by atoms with Crippen LogP contribution in [0.25, 0.3) is 0 Å². The fourth-order valence-electron chi connectivity index (χ4n) is 2.88. The molecule has 0 aromatic heterocycles. The highest BCUT2D eigenvalue weighted by Gasteiger charge is 2.22. The van der Waals surface area contributed by atoms with E-state index in [0.717, 1.165) is 0 Å². The first-order valence-electron chi connectivity index (χ1n) is 6.71. The second kappa shape index (κ2) is 5.19. The number of hydrogen-bond donors (Lipinski definition) is 2. The van der Waals surface area contributed by atoms with E-state index in [-0.39, 0.29) is 6.04 Å². The maximum absolute atomic E-state index is 6.36. The van der Waals surface area contributed by atoms with Gasteiger partial charge in [-0.05, 0) is 54.3 Å². The minimum absolute atomic E-state index is 0.0749. The minimum Gasteiger partial charge on any atom is -0.330 e. The largest absolute Gasteiger partial charge is 0.330 e. The number of rotatable bonds is 4. The van der Waals surface area contributed by atoms with Gasteiger partial charge in [0.05, 0.1) is 0 Å². The molecule has 17 heavy (non-hydrogen) atoms. The van der Waals surface area contributed by atoms with Crippen LogP contribution in [0.1, 0.15) is 43.0 Å². The number of nitrogens with two attached hydrogens (primary N) is 2. The summed E-state index contributed by atoms with van der Waals surface area (Å²) in [4.78, 5) is 0. The van der Waals surface area contributed by atoms with Gasteiger partial charge < -0.3 is 11.5 Å². The zero-order valence-corrected chi connectivity index (χ0v) is 10.9. The Labute approximate surface area is 104 Å². The summed E-state index contributed by atoms with van der Waals surface area (Å²) in [5, 5.41) is 0. The van der Waals surface area contributed by atoms with Crippen molar-refractivity contribution in [2.45, 2.75) is 39.2 Å². The van der Waals surface area contributed by atoms with Crippen molar-refractivity contribution in [3.63, 3.8) is 0 Å². The molecule has 0 saturated carbocycles. The molecule has 2 atom stereocenters. The summed E-state index contributed by atoms with van der Waals surface area (Å²) in [6.07, 6.45) is 3.73. The Morgan fingerprint density at radius 1 is 1.18 bits per heavy atom. The average Bonchev–Trinajstić information content (AvgIpc) is 2.75. The second-order valence-electron chi connectivity index (χ2n) is 5.55. The Kier molecular flexibility index (Phi) is 3.85. The standard InChI is InChI=1S/C15H24N2/c1-10(2)14(9-16)15(17)13-7-6-11-4-3-5-12(11)8-13/h6-8,10,14-15H,3-5,9,16-17H2,1-2H3. The molecule has 0 spiro atoms. The summed E-state index contributed by atoms with van der Waals surface area (Å²) in [7, 11) is 0. The van der Waals surface area contributed by atoms with Crippen LogP contribution >= 0.6 is 0 Å². The lowest BCUT2D eigenvalue weighted by molar-refractivity contribution is 0.331. The first-order valence-corrected chi connectivity index (χ1v) is 6.71. The summed E-state index contributed by atoms with van der Waals surface area (Å²) in [5.74, 6) is 0.901. The van der Waals surface area contributed by atoms with Crippen LogP contribution in [0.3, 0.4) is 0 Å². The molecule has 2 nitrogen and oxygen atoms in total. The lowest BCUT2D eigenvalue weighted by atomic mass is 9.84. The fraction of sp³-hybridized carbons (Fsp3) is 0.600. The van der Waals surface area contributed by atoms with E-state index in [4.69, 9.17) is 11.5 Å². The number of hydrogen-bond acceptors (Lipinski definition) is 2. The maximum atomic E-state index is 6.36. The predicted octanol–water partition coefficient (Wildman–Crippen LogP) is 2.41. The van der Waals surface area contributed by atoms with Crippen molar-refractivity contribution in [1.82, 2.24) is 0 Å². The Bertz CT molecular complexity index is 385. The monoisotopic (exact) mass is 232 g/mol. The topological polar surface area (TPSA) is 52.0 Å². The molecule has 1 aromatic carbocycles. The maximum Gasteiger partial charge on any atom is 0.0338 e. The third kappa shape index (κ3) is 2.53. The van der Waals surface area contributed by atoms with Crippen molar-refractivity contribution in [2.24, 2.45) is 23.3 Å². The van der Waals surface area contributed by atoms with E-state index in [1.165, 1.54) is 36.0 Å². The van der Waals surface area contributed by atoms with Gasteiger partial charge in [0.1, 0.15) is 0 Å². The predicted molar refractivity (Wildman–Crippen MR) is 72.8 cm³/mol. The number of aryl methyl sites for hydroxylation is 2. The zero-order valence-electron chi connectivity index (χ0n) is 10.9. The van der Waals surface area contributed by atoms with Crippen LogP contribution in [0.5, 0.6) is 0 Å².